The minimum absolute atomic E-state index is 0.0165. The van der Waals surface area contributed by atoms with E-state index in [2.05, 4.69) is 4.72 Å². The minimum Gasteiger partial charge on any atom is -0.278 e. The fraction of sp³-hybridized carbons (Fsp3) is 0.200. The maximum absolute atomic E-state index is 12.6. The van der Waals surface area contributed by atoms with Gasteiger partial charge in [0.05, 0.1) is 15.5 Å². The lowest BCUT2D eigenvalue weighted by Gasteiger charge is -2.13. The molecule has 11 heteroatoms. The van der Waals surface area contributed by atoms with Crippen molar-refractivity contribution < 1.29 is 25.6 Å². The zero-order chi connectivity index (χ0) is 19.5. The molecule has 1 N–H and O–H groups in total. The largest absolute Gasteiger partial charge is 0.288 e. The number of alkyl halides is 2. The number of hydrogen-bond acceptors (Lipinski definition) is 5. The number of benzene rings is 2. The van der Waals surface area contributed by atoms with Crippen molar-refractivity contribution in [1.82, 2.24) is 4.31 Å². The summed E-state index contributed by atoms with van der Waals surface area (Å²) in [4.78, 5) is -0.167. The van der Waals surface area contributed by atoms with Crippen LogP contribution in [0.3, 0.4) is 0 Å². The first-order valence-electron chi connectivity index (χ1n) is 7.13. The highest BCUT2D eigenvalue weighted by molar-refractivity contribution is 7.99. The van der Waals surface area contributed by atoms with Crippen molar-refractivity contribution in [2.45, 2.75) is 20.4 Å². The summed E-state index contributed by atoms with van der Waals surface area (Å²) in [7, 11) is -5.04. The van der Waals surface area contributed by atoms with E-state index >= 15 is 0 Å². The van der Waals surface area contributed by atoms with Gasteiger partial charge in [-0.3, -0.25) is 4.72 Å². The molecule has 0 aliphatic carbocycles. The minimum atomic E-state index is -4.07. The first-order valence-corrected chi connectivity index (χ1v) is 10.9. The Morgan fingerprint density at radius 1 is 0.923 bits per heavy atom. The third-order valence-electron chi connectivity index (χ3n) is 3.26. The van der Waals surface area contributed by atoms with Crippen molar-refractivity contribution in [3.05, 3.63) is 48.5 Å². The highest BCUT2D eigenvalue weighted by Crippen LogP contribution is 2.33. The van der Waals surface area contributed by atoms with Crippen molar-refractivity contribution in [3.8, 4) is 0 Å². The van der Waals surface area contributed by atoms with Gasteiger partial charge in [-0.05, 0) is 36.4 Å². The highest BCUT2D eigenvalue weighted by atomic mass is 32.2. The fourth-order valence-corrected chi connectivity index (χ4v) is 4.60. The van der Waals surface area contributed by atoms with E-state index in [0.29, 0.717) is 0 Å². The number of nitrogens with zero attached hydrogens (tertiary/aromatic N) is 1. The number of rotatable bonds is 7. The maximum atomic E-state index is 12.6. The Morgan fingerprint density at radius 2 is 1.46 bits per heavy atom. The second kappa shape index (κ2) is 7.91. The molecule has 0 unspecified atom stereocenters. The molecule has 2 aromatic carbocycles. The second-order valence-corrected chi connectivity index (χ2v) is 10.1. The van der Waals surface area contributed by atoms with Gasteiger partial charge in [0.2, 0.25) is 10.0 Å². The van der Waals surface area contributed by atoms with Crippen molar-refractivity contribution in [1.29, 1.82) is 0 Å². The predicted molar refractivity (Wildman–Crippen MR) is 96.4 cm³/mol. The van der Waals surface area contributed by atoms with Crippen LogP contribution >= 0.6 is 11.8 Å². The third-order valence-corrected chi connectivity index (χ3v) is 7.26. The van der Waals surface area contributed by atoms with Crippen LogP contribution in [0.2, 0.25) is 0 Å². The molecule has 0 fully saturated rings. The lowest BCUT2D eigenvalue weighted by Crippen LogP contribution is -2.22. The van der Waals surface area contributed by atoms with Gasteiger partial charge in [0.25, 0.3) is 15.8 Å². The summed E-state index contributed by atoms with van der Waals surface area (Å²) in [5.74, 6) is -2.70. The molecule has 142 valence electrons. The molecule has 0 bridgehead atoms. The van der Waals surface area contributed by atoms with Gasteiger partial charge in [0.15, 0.2) is 0 Å². The summed E-state index contributed by atoms with van der Waals surface area (Å²) in [6.45, 7) is 0. The van der Waals surface area contributed by atoms with Crippen LogP contribution in [0.5, 0.6) is 0 Å². The van der Waals surface area contributed by atoms with Crippen molar-refractivity contribution >= 4 is 37.5 Å². The summed E-state index contributed by atoms with van der Waals surface area (Å²) in [5, 5.41) is 0. The summed E-state index contributed by atoms with van der Waals surface area (Å²) in [6.07, 6.45) is 0. The number of halogens is 2. The van der Waals surface area contributed by atoms with Gasteiger partial charge in [-0.1, -0.05) is 23.9 Å². The summed E-state index contributed by atoms with van der Waals surface area (Å²) >= 11 is 0.225. The molecular formula is C15H16F2N2O4S3. The van der Waals surface area contributed by atoms with Crippen molar-refractivity contribution in [2.24, 2.45) is 0 Å². The number of nitrogens with one attached hydrogen (secondary N) is 1. The molecule has 0 heterocycles. The standard InChI is InChI=1S/C15H16F2N2O4S3/c1-19(2)26(22,23)12-9-7-11(8-10-12)25(20,21)18-13-5-3-4-6-14(13)24-15(16)17/h3-10,15,18H,1-2H3. The lowest BCUT2D eigenvalue weighted by molar-refractivity contribution is 0.252. The summed E-state index contributed by atoms with van der Waals surface area (Å²) in [6, 6.07) is 10.4. The van der Waals surface area contributed by atoms with E-state index in [1.807, 2.05) is 0 Å². The molecule has 2 aromatic rings. The molecule has 0 radical (unpaired) electrons. The number of para-hydroxylation sites is 1. The van der Waals surface area contributed by atoms with Crippen molar-refractivity contribution in [3.63, 3.8) is 0 Å². The summed E-state index contributed by atoms with van der Waals surface area (Å²) < 4.78 is 77.4. The van der Waals surface area contributed by atoms with Crippen LogP contribution in [0.4, 0.5) is 14.5 Å². The second-order valence-electron chi connectivity index (χ2n) is 5.24. The quantitative estimate of drug-likeness (QED) is 0.694. The summed E-state index contributed by atoms with van der Waals surface area (Å²) in [5.41, 5.74) is 0.0165. The molecule has 0 aromatic heterocycles. The van der Waals surface area contributed by atoms with E-state index in [1.54, 1.807) is 0 Å². The van der Waals surface area contributed by atoms with E-state index in [9.17, 15) is 25.6 Å². The SMILES string of the molecule is CN(C)S(=O)(=O)c1ccc(S(=O)(=O)Nc2ccccc2SC(F)F)cc1. The number of anilines is 1. The predicted octanol–water partition coefficient (Wildman–Crippen LogP) is 3.05. The molecule has 0 amide bonds. The first-order chi connectivity index (χ1) is 12.0. The van der Waals surface area contributed by atoms with Crippen LogP contribution in [0, 0.1) is 0 Å². The van der Waals surface area contributed by atoms with Crippen LogP contribution in [0.15, 0.2) is 63.2 Å². The molecule has 0 saturated heterocycles. The average molecular weight is 423 g/mol. The Balaban J connectivity index is 2.32. The molecule has 0 aliphatic rings. The Morgan fingerprint density at radius 3 is 2.00 bits per heavy atom. The van der Waals surface area contributed by atoms with Gasteiger partial charge >= 0.3 is 0 Å². The Kier molecular flexibility index (Phi) is 6.27. The molecular weight excluding hydrogens is 406 g/mol. The van der Waals surface area contributed by atoms with Gasteiger partial charge in [0.1, 0.15) is 0 Å². The molecule has 0 aliphatic heterocycles. The van der Waals surface area contributed by atoms with Crippen LogP contribution in [0.1, 0.15) is 0 Å². The van der Waals surface area contributed by atoms with E-state index in [0.717, 1.165) is 16.4 Å². The van der Waals surface area contributed by atoms with Crippen molar-refractivity contribution in [2.75, 3.05) is 18.8 Å². The van der Waals surface area contributed by atoms with Gasteiger partial charge in [-0.15, -0.1) is 0 Å². The topological polar surface area (TPSA) is 83.6 Å². The van der Waals surface area contributed by atoms with Crippen LogP contribution in [0.25, 0.3) is 0 Å². The zero-order valence-corrected chi connectivity index (χ0v) is 16.2. The normalized spacial score (nSPS) is 12.5. The molecule has 0 atom stereocenters. The average Bonchev–Trinajstić information content (AvgIpc) is 2.56. The van der Waals surface area contributed by atoms with Crippen LogP contribution in [-0.2, 0) is 20.0 Å². The Bertz CT molecular complexity index is 976. The van der Waals surface area contributed by atoms with Gasteiger partial charge < -0.3 is 0 Å². The van der Waals surface area contributed by atoms with Crippen LogP contribution < -0.4 is 4.72 Å². The lowest BCUT2D eigenvalue weighted by atomic mass is 10.3. The van der Waals surface area contributed by atoms with E-state index in [1.165, 1.54) is 50.5 Å². The van der Waals surface area contributed by atoms with Gasteiger partial charge in [-0.2, -0.15) is 8.78 Å². The number of sulfonamides is 2. The molecule has 6 nitrogen and oxygen atoms in total. The maximum Gasteiger partial charge on any atom is 0.288 e. The molecule has 0 spiro atoms. The number of hydrogen-bond donors (Lipinski definition) is 1. The van der Waals surface area contributed by atoms with E-state index in [-0.39, 0.29) is 32.1 Å². The smallest absolute Gasteiger partial charge is 0.278 e. The van der Waals surface area contributed by atoms with Crippen LogP contribution in [-0.4, -0.2) is 41.0 Å². The highest BCUT2D eigenvalue weighted by Gasteiger charge is 2.21. The molecule has 0 saturated carbocycles. The first kappa shape index (κ1) is 20.6. The van der Waals surface area contributed by atoms with E-state index < -0.39 is 25.8 Å². The monoisotopic (exact) mass is 422 g/mol. The Hall–Kier alpha value is -1.69. The number of thioether (sulfide) groups is 1. The van der Waals surface area contributed by atoms with Gasteiger partial charge in [0, 0.05) is 19.0 Å². The van der Waals surface area contributed by atoms with Gasteiger partial charge in [-0.25, -0.2) is 21.1 Å². The fourth-order valence-electron chi connectivity index (χ4n) is 1.95. The van der Waals surface area contributed by atoms with E-state index in [4.69, 9.17) is 0 Å². The molecule has 2 rings (SSSR count). The zero-order valence-electron chi connectivity index (χ0n) is 13.8. The third kappa shape index (κ3) is 4.72. The molecule has 26 heavy (non-hydrogen) atoms. The Labute approximate surface area is 155 Å².